The smallest absolute Gasteiger partial charge is 0.246 e. The van der Waals surface area contributed by atoms with Gasteiger partial charge in [0.2, 0.25) is 5.95 Å². The average molecular weight is 427 g/mol. The van der Waals surface area contributed by atoms with Crippen molar-refractivity contribution in [3.05, 3.63) is 59.2 Å². The van der Waals surface area contributed by atoms with Gasteiger partial charge >= 0.3 is 0 Å². The van der Waals surface area contributed by atoms with E-state index in [9.17, 15) is 8.78 Å². The highest BCUT2D eigenvalue weighted by molar-refractivity contribution is 5.60. The maximum atomic E-state index is 13.5. The van der Waals surface area contributed by atoms with Gasteiger partial charge in [-0.05, 0) is 42.3 Å². The minimum absolute atomic E-state index is 0.0206. The van der Waals surface area contributed by atoms with Crippen LogP contribution in [0.5, 0.6) is 0 Å². The number of nitrogens with zero attached hydrogens (tertiary/aromatic N) is 3. The highest BCUT2D eigenvalue weighted by atomic mass is 19.1. The van der Waals surface area contributed by atoms with Crippen molar-refractivity contribution in [3.63, 3.8) is 0 Å². The lowest BCUT2D eigenvalue weighted by Gasteiger charge is -2.42. The Morgan fingerprint density at radius 1 is 1.10 bits per heavy atom. The largest absolute Gasteiger partial charge is 0.378 e. The molecule has 1 atom stereocenters. The monoisotopic (exact) mass is 427 g/mol. The van der Waals surface area contributed by atoms with E-state index < -0.39 is 11.6 Å². The summed E-state index contributed by atoms with van der Waals surface area (Å²) in [4.78, 5) is 6.74. The van der Waals surface area contributed by atoms with Crippen LogP contribution in [-0.4, -0.2) is 59.0 Å². The predicted molar refractivity (Wildman–Crippen MR) is 111 cm³/mol. The molecule has 0 saturated carbocycles. The van der Waals surface area contributed by atoms with E-state index in [1.165, 1.54) is 12.1 Å². The van der Waals surface area contributed by atoms with Gasteiger partial charge in [-0.1, -0.05) is 6.07 Å². The number of aromatic amines is 1. The molecule has 2 aliphatic rings. The van der Waals surface area contributed by atoms with Crippen LogP contribution in [0.1, 0.15) is 17.2 Å². The summed E-state index contributed by atoms with van der Waals surface area (Å²) in [7, 11) is 0. The summed E-state index contributed by atoms with van der Waals surface area (Å²) in [6.45, 7) is 6.03. The summed E-state index contributed by atoms with van der Waals surface area (Å²) < 4.78 is 38.4. The first-order chi connectivity index (χ1) is 15.0. The van der Waals surface area contributed by atoms with E-state index in [4.69, 9.17) is 9.47 Å². The van der Waals surface area contributed by atoms with Crippen molar-refractivity contribution in [2.24, 2.45) is 0 Å². The first-order valence-electron chi connectivity index (χ1n) is 10.2. The Balaban J connectivity index is 1.33. The Kier molecular flexibility index (Phi) is 5.39. The minimum atomic E-state index is -0.667. The zero-order chi connectivity index (χ0) is 21.4. The SMILES string of the molecule is Cc1cc(Nc2n[nH]c(-c3cc(F)cc(F)c3)n2)cc(C2CN(C3COC3)CCO2)c1. The molecule has 2 aliphatic heterocycles. The van der Waals surface area contributed by atoms with Gasteiger partial charge in [0, 0.05) is 30.4 Å². The molecule has 3 aromatic rings. The van der Waals surface area contributed by atoms with Gasteiger partial charge in [-0.3, -0.25) is 10.00 Å². The number of benzene rings is 2. The standard InChI is InChI=1S/C22H23F2N5O2/c1-13-4-14(20-10-29(2-3-31-20)19-11-30-12-19)8-18(5-13)25-22-26-21(27-28-22)15-6-16(23)9-17(24)7-15/h4-9,19-20H,2-3,10-12H2,1H3,(H2,25,26,27,28). The lowest BCUT2D eigenvalue weighted by atomic mass is 10.0. The molecule has 162 valence electrons. The first kappa shape index (κ1) is 20.0. The Bertz CT molecular complexity index is 1070. The first-order valence-corrected chi connectivity index (χ1v) is 10.2. The molecule has 0 spiro atoms. The topological polar surface area (TPSA) is 75.3 Å². The number of anilines is 2. The molecule has 31 heavy (non-hydrogen) atoms. The van der Waals surface area contributed by atoms with Gasteiger partial charge in [-0.2, -0.15) is 4.98 Å². The third-order valence-electron chi connectivity index (χ3n) is 5.58. The molecule has 2 N–H and O–H groups in total. The molecular formula is C22H23F2N5O2. The molecular weight excluding hydrogens is 404 g/mol. The Labute approximate surface area is 178 Å². The van der Waals surface area contributed by atoms with Crippen LogP contribution in [0.25, 0.3) is 11.4 Å². The van der Waals surface area contributed by atoms with E-state index in [1.54, 1.807) is 0 Å². The van der Waals surface area contributed by atoms with Crippen LogP contribution in [0.2, 0.25) is 0 Å². The summed E-state index contributed by atoms with van der Waals surface area (Å²) in [6.07, 6.45) is -0.0206. The number of aryl methyl sites for hydroxylation is 1. The molecule has 0 radical (unpaired) electrons. The highest BCUT2D eigenvalue weighted by Crippen LogP contribution is 2.29. The second-order valence-corrected chi connectivity index (χ2v) is 7.97. The van der Waals surface area contributed by atoms with E-state index in [0.717, 1.165) is 49.2 Å². The van der Waals surface area contributed by atoms with Crippen molar-refractivity contribution in [3.8, 4) is 11.4 Å². The Hall–Kier alpha value is -2.88. The van der Waals surface area contributed by atoms with Gasteiger partial charge < -0.3 is 14.8 Å². The van der Waals surface area contributed by atoms with Crippen LogP contribution in [0, 0.1) is 18.6 Å². The molecule has 2 fully saturated rings. The van der Waals surface area contributed by atoms with Crippen molar-refractivity contribution in [2.45, 2.75) is 19.1 Å². The van der Waals surface area contributed by atoms with Crippen molar-refractivity contribution in [1.82, 2.24) is 20.1 Å². The van der Waals surface area contributed by atoms with E-state index in [-0.39, 0.29) is 11.9 Å². The fourth-order valence-electron chi connectivity index (χ4n) is 3.97. The van der Waals surface area contributed by atoms with Crippen molar-refractivity contribution >= 4 is 11.6 Å². The van der Waals surface area contributed by atoms with E-state index in [2.05, 4.69) is 31.5 Å². The third kappa shape index (κ3) is 4.43. The summed E-state index contributed by atoms with van der Waals surface area (Å²) in [5, 5.41) is 10.0. The molecule has 0 bridgehead atoms. The molecule has 2 aromatic carbocycles. The Morgan fingerprint density at radius 3 is 2.65 bits per heavy atom. The number of nitrogens with one attached hydrogen (secondary N) is 2. The fourth-order valence-corrected chi connectivity index (χ4v) is 3.97. The average Bonchev–Trinajstić information content (AvgIpc) is 3.14. The number of halogens is 2. The molecule has 0 amide bonds. The zero-order valence-corrected chi connectivity index (χ0v) is 17.1. The summed E-state index contributed by atoms with van der Waals surface area (Å²) in [6, 6.07) is 9.84. The molecule has 0 aliphatic carbocycles. The second-order valence-electron chi connectivity index (χ2n) is 7.97. The number of hydrogen-bond acceptors (Lipinski definition) is 6. The Morgan fingerprint density at radius 2 is 1.90 bits per heavy atom. The van der Waals surface area contributed by atoms with E-state index >= 15 is 0 Å². The molecule has 1 aromatic heterocycles. The lowest BCUT2D eigenvalue weighted by molar-refractivity contribution is -0.115. The van der Waals surface area contributed by atoms with Crippen LogP contribution in [0.3, 0.4) is 0 Å². The van der Waals surface area contributed by atoms with E-state index in [1.807, 2.05) is 19.1 Å². The predicted octanol–water partition coefficient (Wildman–Crippen LogP) is 3.57. The van der Waals surface area contributed by atoms with Gasteiger partial charge in [0.05, 0.1) is 32.0 Å². The lowest BCUT2D eigenvalue weighted by Crippen LogP contribution is -2.53. The summed E-state index contributed by atoms with van der Waals surface area (Å²) >= 11 is 0. The summed E-state index contributed by atoms with van der Waals surface area (Å²) in [5.41, 5.74) is 3.27. The maximum absolute atomic E-state index is 13.5. The van der Waals surface area contributed by atoms with Crippen LogP contribution in [-0.2, 0) is 9.47 Å². The summed E-state index contributed by atoms with van der Waals surface area (Å²) in [5.74, 6) is -0.741. The normalized spacial score (nSPS) is 19.9. The number of ether oxygens (including phenoxy) is 2. The van der Waals surface area contributed by atoms with Gasteiger partial charge in [-0.25, -0.2) is 8.78 Å². The molecule has 7 nitrogen and oxygen atoms in total. The van der Waals surface area contributed by atoms with Crippen LogP contribution in [0.15, 0.2) is 36.4 Å². The number of H-pyrrole nitrogens is 1. The minimum Gasteiger partial charge on any atom is -0.378 e. The van der Waals surface area contributed by atoms with Crippen LogP contribution in [0.4, 0.5) is 20.4 Å². The van der Waals surface area contributed by atoms with Gasteiger partial charge in [0.25, 0.3) is 0 Å². The highest BCUT2D eigenvalue weighted by Gasteiger charge is 2.31. The second kappa shape index (κ2) is 8.33. The number of morpholine rings is 1. The number of hydrogen-bond donors (Lipinski definition) is 2. The fraction of sp³-hybridized carbons (Fsp3) is 0.364. The van der Waals surface area contributed by atoms with E-state index in [0.29, 0.717) is 24.2 Å². The molecule has 2 saturated heterocycles. The number of rotatable bonds is 5. The van der Waals surface area contributed by atoms with Crippen molar-refractivity contribution in [2.75, 3.05) is 38.2 Å². The number of aromatic nitrogens is 3. The molecule has 5 rings (SSSR count). The zero-order valence-electron chi connectivity index (χ0n) is 17.1. The molecule has 1 unspecified atom stereocenters. The van der Waals surface area contributed by atoms with Gasteiger partial charge in [-0.15, -0.1) is 5.10 Å². The van der Waals surface area contributed by atoms with Crippen molar-refractivity contribution in [1.29, 1.82) is 0 Å². The van der Waals surface area contributed by atoms with Crippen LogP contribution < -0.4 is 5.32 Å². The molecule has 3 heterocycles. The maximum Gasteiger partial charge on any atom is 0.246 e. The van der Waals surface area contributed by atoms with Crippen LogP contribution >= 0.6 is 0 Å². The molecule has 9 heteroatoms. The third-order valence-corrected chi connectivity index (χ3v) is 5.58. The quantitative estimate of drug-likeness (QED) is 0.649. The van der Waals surface area contributed by atoms with Gasteiger partial charge in [0.15, 0.2) is 5.82 Å². The van der Waals surface area contributed by atoms with Gasteiger partial charge in [0.1, 0.15) is 11.6 Å². The van der Waals surface area contributed by atoms with Crippen molar-refractivity contribution < 1.29 is 18.3 Å².